The van der Waals surface area contributed by atoms with Gasteiger partial charge in [-0.05, 0) is 49.6 Å². The fraction of sp³-hybridized carbons (Fsp3) is 0.263. The summed E-state index contributed by atoms with van der Waals surface area (Å²) >= 11 is 0. The van der Waals surface area contributed by atoms with E-state index in [-0.39, 0.29) is 18.2 Å². The van der Waals surface area contributed by atoms with Crippen LogP contribution >= 0.6 is 12.4 Å². The molecule has 0 saturated carbocycles. The monoisotopic (exact) mass is 341 g/mol. The molecule has 0 unspecified atom stereocenters. The highest BCUT2D eigenvalue weighted by molar-refractivity contribution is 5.92. The van der Waals surface area contributed by atoms with Gasteiger partial charge in [-0.3, -0.25) is 0 Å². The molecule has 0 amide bonds. The van der Waals surface area contributed by atoms with Crippen LogP contribution in [0.4, 0.5) is 5.82 Å². The van der Waals surface area contributed by atoms with Gasteiger partial charge in [0.05, 0.1) is 11.1 Å². The first-order valence-corrected chi connectivity index (χ1v) is 8.04. The zero-order valence-electron chi connectivity index (χ0n) is 13.6. The highest BCUT2D eigenvalue weighted by Crippen LogP contribution is 2.32. The number of hydrogen-bond acceptors (Lipinski definition) is 4. The van der Waals surface area contributed by atoms with Crippen molar-refractivity contribution in [1.29, 1.82) is 0 Å². The third kappa shape index (κ3) is 2.89. The molecular formula is C19H20ClN3O. The van der Waals surface area contributed by atoms with Gasteiger partial charge in [-0.2, -0.15) is 0 Å². The summed E-state index contributed by atoms with van der Waals surface area (Å²) in [6.07, 6.45) is 2.40. The van der Waals surface area contributed by atoms with E-state index in [9.17, 15) is 5.11 Å². The molecule has 5 heteroatoms. The number of hydrogen-bond donors (Lipinski definition) is 1. The van der Waals surface area contributed by atoms with Gasteiger partial charge in [-0.25, -0.2) is 9.97 Å². The van der Waals surface area contributed by atoms with Gasteiger partial charge >= 0.3 is 0 Å². The number of aromatic hydroxyl groups is 1. The predicted molar refractivity (Wildman–Crippen MR) is 100 cm³/mol. The minimum Gasteiger partial charge on any atom is -0.507 e. The van der Waals surface area contributed by atoms with Gasteiger partial charge in [-0.15, -0.1) is 12.4 Å². The molecule has 2 heterocycles. The number of phenols is 1. The summed E-state index contributed by atoms with van der Waals surface area (Å²) in [6, 6.07) is 13.5. The lowest BCUT2D eigenvalue weighted by molar-refractivity contribution is 0.477. The van der Waals surface area contributed by atoms with Crippen molar-refractivity contribution in [2.45, 2.75) is 19.8 Å². The fourth-order valence-corrected chi connectivity index (χ4v) is 3.18. The molecule has 24 heavy (non-hydrogen) atoms. The molecule has 0 aliphatic carbocycles. The molecule has 4 rings (SSSR count). The summed E-state index contributed by atoms with van der Waals surface area (Å²) in [7, 11) is 0. The standard InChI is InChI=1S/C19H19N3O.ClH/c1-13-8-9-14-16(12-13)20-18(15-6-2-3-7-17(15)23)21-19(14)22-10-4-5-11-22;/h2-3,6-9,12,23H,4-5,10-11H2,1H3;1H. The molecule has 4 nitrogen and oxygen atoms in total. The van der Waals surface area contributed by atoms with Crippen molar-refractivity contribution in [2.24, 2.45) is 0 Å². The number of aryl methyl sites for hydroxylation is 1. The van der Waals surface area contributed by atoms with Crippen LogP contribution < -0.4 is 4.90 Å². The molecule has 3 aromatic rings. The largest absolute Gasteiger partial charge is 0.507 e. The number of fused-ring (bicyclic) bond motifs is 1. The Morgan fingerprint density at radius 3 is 2.50 bits per heavy atom. The van der Waals surface area contributed by atoms with Crippen LogP contribution in [0.15, 0.2) is 42.5 Å². The Morgan fingerprint density at radius 1 is 1.00 bits per heavy atom. The summed E-state index contributed by atoms with van der Waals surface area (Å²) in [5.74, 6) is 1.78. The Morgan fingerprint density at radius 2 is 1.75 bits per heavy atom. The van der Waals surface area contributed by atoms with Crippen molar-refractivity contribution >= 4 is 29.1 Å². The van der Waals surface area contributed by atoms with Gasteiger partial charge < -0.3 is 10.0 Å². The Balaban J connectivity index is 0.00000169. The zero-order chi connectivity index (χ0) is 15.8. The maximum atomic E-state index is 10.2. The maximum Gasteiger partial charge on any atom is 0.165 e. The van der Waals surface area contributed by atoms with Crippen molar-refractivity contribution < 1.29 is 5.11 Å². The first-order chi connectivity index (χ1) is 11.2. The van der Waals surface area contributed by atoms with Gasteiger partial charge in [0.15, 0.2) is 5.82 Å². The van der Waals surface area contributed by atoms with Gasteiger partial charge in [0.2, 0.25) is 0 Å². The van der Waals surface area contributed by atoms with E-state index >= 15 is 0 Å². The lowest BCUT2D eigenvalue weighted by Crippen LogP contribution is -2.20. The molecule has 2 aromatic carbocycles. The van der Waals surface area contributed by atoms with Crippen LogP contribution in [0.3, 0.4) is 0 Å². The third-order valence-electron chi connectivity index (χ3n) is 4.38. The van der Waals surface area contributed by atoms with E-state index < -0.39 is 0 Å². The Bertz CT molecular complexity index is 876. The van der Waals surface area contributed by atoms with Crippen LogP contribution in [0.2, 0.25) is 0 Å². The van der Waals surface area contributed by atoms with Crippen LogP contribution in [0.5, 0.6) is 5.75 Å². The van der Waals surface area contributed by atoms with Crippen molar-refractivity contribution in [3.05, 3.63) is 48.0 Å². The van der Waals surface area contributed by atoms with E-state index in [0.29, 0.717) is 11.4 Å². The molecule has 1 aliphatic heterocycles. The quantitative estimate of drug-likeness (QED) is 0.753. The number of rotatable bonds is 2. The smallest absolute Gasteiger partial charge is 0.165 e. The van der Waals surface area contributed by atoms with E-state index in [1.807, 2.05) is 18.2 Å². The van der Waals surface area contributed by atoms with Crippen LogP contribution in [0.25, 0.3) is 22.3 Å². The minimum atomic E-state index is 0. The molecule has 1 fully saturated rings. The molecule has 1 aromatic heterocycles. The van der Waals surface area contributed by atoms with Crippen molar-refractivity contribution in [2.75, 3.05) is 18.0 Å². The molecule has 1 N–H and O–H groups in total. The Labute approximate surface area is 147 Å². The van der Waals surface area contributed by atoms with Crippen LogP contribution in [0, 0.1) is 6.92 Å². The summed E-state index contributed by atoms with van der Waals surface area (Å²) in [5, 5.41) is 11.2. The maximum absolute atomic E-state index is 10.2. The average Bonchev–Trinajstić information content (AvgIpc) is 3.08. The molecule has 0 bridgehead atoms. The SMILES string of the molecule is Cc1ccc2c(N3CCCC3)nc(-c3ccccc3O)nc2c1.Cl. The van der Waals surface area contributed by atoms with Gasteiger partial charge in [0.25, 0.3) is 0 Å². The van der Waals surface area contributed by atoms with Crippen LogP contribution in [0.1, 0.15) is 18.4 Å². The molecule has 0 spiro atoms. The second-order valence-electron chi connectivity index (χ2n) is 6.10. The topological polar surface area (TPSA) is 49.2 Å². The van der Waals surface area contributed by atoms with E-state index in [4.69, 9.17) is 9.97 Å². The summed E-state index contributed by atoms with van der Waals surface area (Å²) in [4.78, 5) is 11.8. The van der Waals surface area contributed by atoms with Gasteiger partial charge in [-0.1, -0.05) is 18.2 Å². The van der Waals surface area contributed by atoms with Crippen LogP contribution in [-0.4, -0.2) is 28.2 Å². The average molecular weight is 342 g/mol. The number of phenolic OH excluding ortho intramolecular Hbond substituents is 1. The Kier molecular flexibility index (Phi) is 4.58. The third-order valence-corrected chi connectivity index (χ3v) is 4.38. The van der Waals surface area contributed by atoms with E-state index in [0.717, 1.165) is 29.8 Å². The Hall–Kier alpha value is -2.33. The first kappa shape index (κ1) is 16.5. The zero-order valence-corrected chi connectivity index (χ0v) is 14.4. The number of para-hydroxylation sites is 1. The molecule has 1 aliphatic rings. The fourth-order valence-electron chi connectivity index (χ4n) is 3.18. The molecule has 1 saturated heterocycles. The normalized spacial score (nSPS) is 14.0. The summed E-state index contributed by atoms with van der Waals surface area (Å²) in [5.41, 5.74) is 2.78. The number of benzene rings is 2. The second-order valence-corrected chi connectivity index (χ2v) is 6.10. The summed E-state index contributed by atoms with van der Waals surface area (Å²) in [6.45, 7) is 4.12. The van der Waals surface area contributed by atoms with E-state index in [1.54, 1.807) is 6.07 Å². The second kappa shape index (κ2) is 6.65. The molecule has 124 valence electrons. The predicted octanol–water partition coefficient (Wildman–Crippen LogP) is 4.33. The molecule has 0 atom stereocenters. The van der Waals surface area contributed by atoms with E-state index in [1.165, 1.54) is 18.4 Å². The van der Waals surface area contributed by atoms with Crippen molar-refractivity contribution in [3.63, 3.8) is 0 Å². The lowest BCUT2D eigenvalue weighted by atomic mass is 10.1. The molecular weight excluding hydrogens is 322 g/mol. The number of aromatic nitrogens is 2. The highest BCUT2D eigenvalue weighted by atomic mass is 35.5. The van der Waals surface area contributed by atoms with Crippen LogP contribution in [-0.2, 0) is 0 Å². The summed E-state index contributed by atoms with van der Waals surface area (Å²) < 4.78 is 0. The molecule has 0 radical (unpaired) electrons. The highest BCUT2D eigenvalue weighted by Gasteiger charge is 2.19. The van der Waals surface area contributed by atoms with Crippen molar-refractivity contribution in [1.82, 2.24) is 9.97 Å². The minimum absolute atomic E-state index is 0. The first-order valence-electron chi connectivity index (χ1n) is 8.04. The lowest BCUT2D eigenvalue weighted by Gasteiger charge is -2.19. The van der Waals surface area contributed by atoms with Gasteiger partial charge in [0, 0.05) is 18.5 Å². The number of nitrogens with zero attached hydrogens (tertiary/aromatic N) is 3. The van der Waals surface area contributed by atoms with Crippen molar-refractivity contribution in [3.8, 4) is 17.1 Å². The van der Waals surface area contributed by atoms with E-state index in [2.05, 4.69) is 30.0 Å². The van der Waals surface area contributed by atoms with Gasteiger partial charge in [0.1, 0.15) is 11.6 Å². The number of anilines is 1. The number of halogens is 1.